The Kier molecular flexibility index (Phi) is 4.38. The molecule has 0 unspecified atom stereocenters. The molecule has 0 N–H and O–H groups in total. The molecule has 132 valence electrons. The fraction of sp³-hybridized carbons (Fsp3) is 0.222. The van der Waals surface area contributed by atoms with E-state index in [1.807, 2.05) is 16.8 Å². The van der Waals surface area contributed by atoms with E-state index >= 15 is 0 Å². The minimum absolute atomic E-state index is 0.393. The summed E-state index contributed by atoms with van der Waals surface area (Å²) in [5.41, 5.74) is 3.28. The smallest absolute Gasteiger partial charge is 0.154 e. The van der Waals surface area contributed by atoms with Crippen LogP contribution in [0.3, 0.4) is 0 Å². The molecule has 4 rings (SSSR count). The standard InChI is InChI=1S/C18H16ClFN6/c1-2-3-15-14(23-17-5-4-16(19)24-26(15)17)11-25-7-6-22-18(25)12-8-13(20)10-21-9-12/h4-10H,2-3,11H2,1H3. The Balaban J connectivity index is 1.77. The zero-order valence-corrected chi connectivity index (χ0v) is 14.9. The quantitative estimate of drug-likeness (QED) is 0.536. The second kappa shape index (κ2) is 6.84. The summed E-state index contributed by atoms with van der Waals surface area (Å²) in [5, 5.41) is 4.80. The molecule has 0 amide bonds. The summed E-state index contributed by atoms with van der Waals surface area (Å²) in [4.78, 5) is 13.0. The minimum atomic E-state index is -0.393. The molecule has 0 aliphatic rings. The SMILES string of the molecule is CCCc1c(Cn2ccnc2-c2cncc(F)c2)nc2ccc(Cl)nn12. The van der Waals surface area contributed by atoms with Gasteiger partial charge in [0, 0.05) is 24.2 Å². The van der Waals surface area contributed by atoms with Gasteiger partial charge in [-0.25, -0.2) is 18.9 Å². The number of aromatic nitrogens is 6. The summed E-state index contributed by atoms with van der Waals surface area (Å²) in [6, 6.07) is 5.00. The van der Waals surface area contributed by atoms with Crippen LogP contribution in [0.5, 0.6) is 0 Å². The highest BCUT2D eigenvalue weighted by molar-refractivity contribution is 6.29. The predicted octanol–water partition coefficient (Wildman–Crippen LogP) is 3.78. The zero-order chi connectivity index (χ0) is 18.1. The first-order chi connectivity index (χ1) is 12.7. The summed E-state index contributed by atoms with van der Waals surface area (Å²) in [5.74, 6) is 0.248. The molecule has 8 heteroatoms. The van der Waals surface area contributed by atoms with Crippen LogP contribution in [-0.4, -0.2) is 29.1 Å². The van der Waals surface area contributed by atoms with Crippen molar-refractivity contribution in [2.75, 3.05) is 0 Å². The van der Waals surface area contributed by atoms with E-state index < -0.39 is 5.82 Å². The van der Waals surface area contributed by atoms with E-state index in [0.717, 1.165) is 29.9 Å². The van der Waals surface area contributed by atoms with Gasteiger partial charge in [-0.05, 0) is 24.6 Å². The van der Waals surface area contributed by atoms with Crippen LogP contribution < -0.4 is 0 Å². The molecule has 0 aliphatic heterocycles. The van der Waals surface area contributed by atoms with Crippen molar-refractivity contribution in [3.63, 3.8) is 0 Å². The van der Waals surface area contributed by atoms with Crippen molar-refractivity contribution in [1.82, 2.24) is 29.1 Å². The van der Waals surface area contributed by atoms with Crippen LogP contribution in [0.1, 0.15) is 24.7 Å². The first kappa shape index (κ1) is 16.7. The Labute approximate surface area is 154 Å². The Bertz CT molecular complexity index is 1070. The number of rotatable bonds is 5. The van der Waals surface area contributed by atoms with Crippen molar-refractivity contribution in [1.29, 1.82) is 0 Å². The minimum Gasteiger partial charge on any atom is -0.325 e. The number of aryl methyl sites for hydroxylation is 1. The molecule has 0 bridgehead atoms. The molecule has 26 heavy (non-hydrogen) atoms. The maximum atomic E-state index is 13.5. The molecule has 0 saturated heterocycles. The normalized spacial score (nSPS) is 11.3. The Morgan fingerprint density at radius 3 is 2.92 bits per heavy atom. The maximum absolute atomic E-state index is 13.5. The van der Waals surface area contributed by atoms with Crippen LogP contribution in [0, 0.1) is 5.82 Å². The van der Waals surface area contributed by atoms with Crippen LogP contribution in [0.15, 0.2) is 43.0 Å². The lowest BCUT2D eigenvalue weighted by atomic mass is 10.2. The van der Waals surface area contributed by atoms with Crippen molar-refractivity contribution in [3.8, 4) is 11.4 Å². The fourth-order valence-corrected chi connectivity index (χ4v) is 3.15. The number of imidazole rings is 2. The van der Waals surface area contributed by atoms with E-state index in [-0.39, 0.29) is 0 Å². The molecule has 4 aromatic heterocycles. The highest BCUT2D eigenvalue weighted by atomic mass is 35.5. The van der Waals surface area contributed by atoms with Gasteiger partial charge in [-0.1, -0.05) is 24.9 Å². The average molecular weight is 371 g/mol. The molecular weight excluding hydrogens is 355 g/mol. The molecule has 0 spiro atoms. The first-order valence-corrected chi connectivity index (χ1v) is 8.68. The van der Waals surface area contributed by atoms with Crippen molar-refractivity contribution in [2.24, 2.45) is 0 Å². The molecule has 0 aliphatic carbocycles. The van der Waals surface area contributed by atoms with Gasteiger partial charge in [0.05, 0.1) is 24.1 Å². The third-order valence-electron chi connectivity index (χ3n) is 4.11. The summed E-state index contributed by atoms with van der Waals surface area (Å²) in [6.07, 6.45) is 8.09. The van der Waals surface area contributed by atoms with Gasteiger partial charge in [-0.2, -0.15) is 5.10 Å². The van der Waals surface area contributed by atoms with Gasteiger partial charge in [-0.3, -0.25) is 4.98 Å². The van der Waals surface area contributed by atoms with Crippen molar-refractivity contribution >= 4 is 17.2 Å². The van der Waals surface area contributed by atoms with Gasteiger partial charge in [0.1, 0.15) is 16.8 Å². The number of hydrogen-bond acceptors (Lipinski definition) is 4. The van der Waals surface area contributed by atoms with E-state index in [1.54, 1.807) is 23.0 Å². The third kappa shape index (κ3) is 3.06. The molecular formula is C18H16ClFN6. The molecule has 0 atom stereocenters. The molecule has 0 aromatic carbocycles. The molecule has 0 radical (unpaired) electrons. The Morgan fingerprint density at radius 1 is 1.23 bits per heavy atom. The molecule has 6 nitrogen and oxygen atoms in total. The van der Waals surface area contributed by atoms with Crippen LogP contribution >= 0.6 is 11.6 Å². The van der Waals surface area contributed by atoms with Crippen LogP contribution in [-0.2, 0) is 13.0 Å². The molecule has 4 heterocycles. The average Bonchev–Trinajstić information content (AvgIpc) is 3.21. The van der Waals surface area contributed by atoms with Gasteiger partial charge in [0.25, 0.3) is 0 Å². The van der Waals surface area contributed by atoms with E-state index in [4.69, 9.17) is 16.6 Å². The summed E-state index contributed by atoms with van der Waals surface area (Å²) in [7, 11) is 0. The Hall–Kier alpha value is -2.80. The summed E-state index contributed by atoms with van der Waals surface area (Å²) >= 11 is 6.05. The summed E-state index contributed by atoms with van der Waals surface area (Å²) in [6.45, 7) is 2.61. The monoisotopic (exact) mass is 370 g/mol. The molecule has 4 aromatic rings. The van der Waals surface area contributed by atoms with Gasteiger partial charge in [0.15, 0.2) is 5.65 Å². The van der Waals surface area contributed by atoms with E-state index in [2.05, 4.69) is 22.0 Å². The molecule has 0 saturated carbocycles. The van der Waals surface area contributed by atoms with E-state index in [9.17, 15) is 4.39 Å². The number of fused-ring (bicyclic) bond motifs is 1. The number of hydrogen-bond donors (Lipinski definition) is 0. The summed E-state index contributed by atoms with van der Waals surface area (Å²) < 4.78 is 17.2. The van der Waals surface area contributed by atoms with E-state index in [0.29, 0.717) is 23.1 Å². The van der Waals surface area contributed by atoms with Gasteiger partial charge >= 0.3 is 0 Å². The zero-order valence-electron chi connectivity index (χ0n) is 14.1. The lowest BCUT2D eigenvalue weighted by Crippen LogP contribution is -2.06. The third-order valence-corrected chi connectivity index (χ3v) is 4.31. The number of pyridine rings is 1. The van der Waals surface area contributed by atoms with Gasteiger partial charge in [0.2, 0.25) is 0 Å². The fourth-order valence-electron chi connectivity index (χ4n) is 3.01. The highest BCUT2D eigenvalue weighted by Gasteiger charge is 2.16. The second-order valence-corrected chi connectivity index (χ2v) is 6.34. The first-order valence-electron chi connectivity index (χ1n) is 8.31. The van der Waals surface area contributed by atoms with Crippen LogP contribution in [0.4, 0.5) is 4.39 Å². The van der Waals surface area contributed by atoms with Gasteiger partial charge in [-0.15, -0.1) is 0 Å². The lowest BCUT2D eigenvalue weighted by molar-refractivity contribution is 0.621. The van der Waals surface area contributed by atoms with Gasteiger partial charge < -0.3 is 4.57 Å². The maximum Gasteiger partial charge on any atom is 0.154 e. The largest absolute Gasteiger partial charge is 0.325 e. The highest BCUT2D eigenvalue weighted by Crippen LogP contribution is 2.21. The second-order valence-electron chi connectivity index (χ2n) is 5.95. The Morgan fingerprint density at radius 2 is 2.12 bits per heavy atom. The molecule has 0 fully saturated rings. The predicted molar refractivity (Wildman–Crippen MR) is 96.5 cm³/mol. The van der Waals surface area contributed by atoms with Crippen molar-refractivity contribution in [3.05, 3.63) is 65.3 Å². The van der Waals surface area contributed by atoms with Crippen molar-refractivity contribution in [2.45, 2.75) is 26.3 Å². The van der Waals surface area contributed by atoms with Crippen LogP contribution in [0.2, 0.25) is 5.15 Å². The number of nitrogens with zero attached hydrogens (tertiary/aromatic N) is 6. The van der Waals surface area contributed by atoms with Crippen molar-refractivity contribution < 1.29 is 4.39 Å². The van der Waals surface area contributed by atoms with Crippen LogP contribution in [0.25, 0.3) is 17.0 Å². The number of halogens is 2. The lowest BCUT2D eigenvalue weighted by Gasteiger charge is -2.08. The van der Waals surface area contributed by atoms with E-state index in [1.165, 1.54) is 12.3 Å². The topological polar surface area (TPSA) is 60.9 Å².